The summed E-state index contributed by atoms with van der Waals surface area (Å²) in [7, 11) is -3.57. The molecule has 0 spiro atoms. The minimum Gasteiger partial charge on any atom is -0.462 e. The van der Waals surface area contributed by atoms with Crippen molar-refractivity contribution in [3.8, 4) is 0 Å². The van der Waals surface area contributed by atoms with Gasteiger partial charge in [-0.1, -0.05) is 6.58 Å². The molecule has 1 fully saturated rings. The molecule has 6 nitrogen and oxygen atoms in total. The molecule has 0 bridgehead atoms. The van der Waals surface area contributed by atoms with Gasteiger partial charge in [-0.3, -0.25) is 4.18 Å². The topological polar surface area (TPSA) is 78.9 Å². The van der Waals surface area contributed by atoms with Gasteiger partial charge in [-0.15, -0.1) is 0 Å². The van der Waals surface area contributed by atoms with Gasteiger partial charge in [0.25, 0.3) is 10.1 Å². The molecule has 0 aliphatic carbocycles. The second kappa shape index (κ2) is 7.62. The zero-order valence-corrected chi connectivity index (χ0v) is 11.9. The minimum atomic E-state index is -3.57. The van der Waals surface area contributed by atoms with E-state index in [0.29, 0.717) is 31.6 Å². The lowest BCUT2D eigenvalue weighted by Gasteiger charge is -2.21. The molecule has 19 heavy (non-hydrogen) atoms. The van der Waals surface area contributed by atoms with Crippen LogP contribution in [0.2, 0.25) is 0 Å². The van der Waals surface area contributed by atoms with Gasteiger partial charge in [-0.05, 0) is 26.2 Å². The molecule has 1 aliphatic heterocycles. The van der Waals surface area contributed by atoms with Gasteiger partial charge in [0.1, 0.15) is 0 Å². The lowest BCUT2D eigenvalue weighted by Crippen LogP contribution is -2.27. The van der Waals surface area contributed by atoms with E-state index >= 15 is 0 Å². The summed E-state index contributed by atoms with van der Waals surface area (Å²) in [4.78, 5) is 11.1. The normalized spacial score (nSPS) is 17.1. The molecule has 0 amide bonds. The van der Waals surface area contributed by atoms with E-state index in [-0.39, 0.29) is 24.9 Å². The number of carbonyl (C=O) groups is 1. The molecule has 0 unspecified atom stereocenters. The van der Waals surface area contributed by atoms with Gasteiger partial charge in [0, 0.05) is 18.8 Å². The Morgan fingerprint density at radius 2 is 2.00 bits per heavy atom. The van der Waals surface area contributed by atoms with Crippen LogP contribution in [-0.2, 0) is 28.6 Å². The molecule has 0 saturated carbocycles. The highest BCUT2D eigenvalue weighted by atomic mass is 32.2. The van der Waals surface area contributed by atoms with Crippen LogP contribution in [0.1, 0.15) is 26.2 Å². The first kappa shape index (κ1) is 16.1. The standard InChI is InChI=1S/C12H20O6S/c1-10(2)12(13)17-6-3-9-19(14,15)18-11-4-7-16-8-5-11/h11H,1,3-9H2,2H3. The first-order valence-electron chi connectivity index (χ1n) is 6.22. The van der Waals surface area contributed by atoms with E-state index in [4.69, 9.17) is 13.7 Å². The van der Waals surface area contributed by atoms with Crippen molar-refractivity contribution in [3.63, 3.8) is 0 Å². The third-order valence-corrected chi connectivity index (χ3v) is 3.93. The van der Waals surface area contributed by atoms with E-state index in [1.807, 2.05) is 0 Å². The predicted octanol–water partition coefficient (Wildman–Crippen LogP) is 1.02. The summed E-state index contributed by atoms with van der Waals surface area (Å²) in [6.45, 7) is 6.06. The fourth-order valence-corrected chi connectivity index (χ4v) is 2.73. The molecule has 1 saturated heterocycles. The highest BCUT2D eigenvalue weighted by Gasteiger charge is 2.21. The summed E-state index contributed by atoms with van der Waals surface area (Å²) in [5.74, 6) is -0.670. The van der Waals surface area contributed by atoms with E-state index in [1.54, 1.807) is 0 Å². The van der Waals surface area contributed by atoms with Crippen LogP contribution < -0.4 is 0 Å². The number of esters is 1. The van der Waals surface area contributed by atoms with Crippen molar-refractivity contribution >= 4 is 16.1 Å². The number of carbonyl (C=O) groups excluding carboxylic acids is 1. The Labute approximate surface area is 113 Å². The molecule has 0 aromatic heterocycles. The van der Waals surface area contributed by atoms with Gasteiger partial charge in [-0.2, -0.15) is 8.42 Å². The Morgan fingerprint density at radius 1 is 1.37 bits per heavy atom. The Bertz CT molecular complexity index is 408. The molecule has 0 radical (unpaired) electrons. The maximum absolute atomic E-state index is 11.7. The monoisotopic (exact) mass is 292 g/mol. The quantitative estimate of drug-likeness (QED) is 0.302. The molecule has 0 N–H and O–H groups in total. The summed E-state index contributed by atoms with van der Waals surface area (Å²) in [5.41, 5.74) is 0.293. The third kappa shape index (κ3) is 6.70. The van der Waals surface area contributed by atoms with E-state index < -0.39 is 16.1 Å². The molecule has 7 heteroatoms. The van der Waals surface area contributed by atoms with Gasteiger partial charge < -0.3 is 9.47 Å². The maximum atomic E-state index is 11.7. The number of hydrogen-bond donors (Lipinski definition) is 0. The van der Waals surface area contributed by atoms with Crippen molar-refractivity contribution in [2.45, 2.75) is 32.3 Å². The van der Waals surface area contributed by atoms with Crippen molar-refractivity contribution in [3.05, 3.63) is 12.2 Å². The Balaban J connectivity index is 2.23. The summed E-state index contributed by atoms with van der Waals surface area (Å²) < 4.78 is 38.3. The maximum Gasteiger partial charge on any atom is 0.333 e. The first-order chi connectivity index (χ1) is 8.91. The predicted molar refractivity (Wildman–Crippen MR) is 69.1 cm³/mol. The largest absolute Gasteiger partial charge is 0.462 e. The summed E-state index contributed by atoms with van der Waals surface area (Å²) in [6, 6.07) is 0. The first-order valence-corrected chi connectivity index (χ1v) is 7.80. The van der Waals surface area contributed by atoms with Crippen LogP contribution in [0.5, 0.6) is 0 Å². The average molecular weight is 292 g/mol. The number of ether oxygens (including phenoxy) is 2. The van der Waals surface area contributed by atoms with Gasteiger partial charge in [-0.25, -0.2) is 4.79 Å². The van der Waals surface area contributed by atoms with E-state index in [2.05, 4.69) is 6.58 Å². The van der Waals surface area contributed by atoms with Gasteiger partial charge >= 0.3 is 5.97 Å². The Morgan fingerprint density at radius 3 is 2.58 bits per heavy atom. The summed E-state index contributed by atoms with van der Waals surface area (Å²) in [6.07, 6.45) is 1.09. The van der Waals surface area contributed by atoms with Gasteiger partial charge in [0.2, 0.25) is 0 Å². The third-order valence-electron chi connectivity index (χ3n) is 2.57. The molecule has 1 heterocycles. The number of hydrogen-bond acceptors (Lipinski definition) is 6. The van der Waals surface area contributed by atoms with Crippen molar-refractivity contribution in [2.24, 2.45) is 0 Å². The van der Waals surface area contributed by atoms with Crippen LogP contribution in [0, 0.1) is 0 Å². The SMILES string of the molecule is C=C(C)C(=O)OCCCS(=O)(=O)OC1CCOCC1. The van der Waals surface area contributed by atoms with Crippen molar-refractivity contribution in [1.82, 2.24) is 0 Å². The van der Waals surface area contributed by atoms with Crippen LogP contribution >= 0.6 is 0 Å². The highest BCUT2D eigenvalue weighted by molar-refractivity contribution is 7.86. The molecule has 0 atom stereocenters. The zero-order valence-electron chi connectivity index (χ0n) is 11.1. The van der Waals surface area contributed by atoms with Crippen LogP contribution in [0.25, 0.3) is 0 Å². The van der Waals surface area contributed by atoms with E-state index in [0.717, 1.165) is 0 Å². The summed E-state index contributed by atoms with van der Waals surface area (Å²) >= 11 is 0. The van der Waals surface area contributed by atoms with E-state index in [9.17, 15) is 13.2 Å². The van der Waals surface area contributed by atoms with Crippen LogP contribution in [-0.4, -0.2) is 46.1 Å². The molecule has 1 rings (SSSR count). The van der Waals surface area contributed by atoms with E-state index in [1.165, 1.54) is 6.92 Å². The van der Waals surface area contributed by atoms with Gasteiger partial charge in [0.15, 0.2) is 0 Å². The van der Waals surface area contributed by atoms with Crippen molar-refractivity contribution in [1.29, 1.82) is 0 Å². The lowest BCUT2D eigenvalue weighted by atomic mass is 10.2. The van der Waals surface area contributed by atoms with Crippen LogP contribution in [0.3, 0.4) is 0 Å². The molecule has 110 valence electrons. The van der Waals surface area contributed by atoms with Gasteiger partial charge in [0.05, 0.1) is 18.5 Å². The minimum absolute atomic E-state index is 0.0437. The molecular formula is C12H20O6S. The fourth-order valence-electron chi connectivity index (χ4n) is 1.55. The van der Waals surface area contributed by atoms with Crippen LogP contribution in [0.4, 0.5) is 0 Å². The summed E-state index contributed by atoms with van der Waals surface area (Å²) in [5, 5.41) is 0. The molecule has 0 aromatic rings. The highest BCUT2D eigenvalue weighted by Crippen LogP contribution is 2.14. The van der Waals surface area contributed by atoms with Crippen molar-refractivity contribution < 1.29 is 26.9 Å². The Hall–Kier alpha value is -0.920. The average Bonchev–Trinajstić information content (AvgIpc) is 2.35. The van der Waals surface area contributed by atoms with Crippen molar-refractivity contribution in [2.75, 3.05) is 25.6 Å². The lowest BCUT2D eigenvalue weighted by molar-refractivity contribution is -0.138. The smallest absolute Gasteiger partial charge is 0.333 e. The molecule has 0 aromatic carbocycles. The second-order valence-corrected chi connectivity index (χ2v) is 6.16. The second-order valence-electron chi connectivity index (χ2n) is 4.44. The fraction of sp³-hybridized carbons (Fsp3) is 0.750. The molecular weight excluding hydrogens is 272 g/mol. The number of rotatable bonds is 7. The Kier molecular flexibility index (Phi) is 6.47. The van der Waals surface area contributed by atoms with Crippen LogP contribution in [0.15, 0.2) is 12.2 Å². The zero-order chi connectivity index (χ0) is 14.3. The molecule has 1 aliphatic rings.